The minimum Gasteiger partial charge on any atom is -0.342 e. The zero-order valence-electron chi connectivity index (χ0n) is 18.7. The van der Waals surface area contributed by atoms with Gasteiger partial charge in [0.15, 0.2) is 0 Å². The Hall–Kier alpha value is -3.93. The van der Waals surface area contributed by atoms with Gasteiger partial charge in [-0.2, -0.15) is 0 Å². The number of anilines is 1. The van der Waals surface area contributed by atoms with Crippen molar-refractivity contribution in [1.82, 2.24) is 14.9 Å². The molecule has 33 heavy (non-hydrogen) atoms. The van der Waals surface area contributed by atoms with Gasteiger partial charge in [-0.15, -0.1) is 0 Å². The maximum absolute atomic E-state index is 13.4. The molecule has 0 radical (unpaired) electrons. The predicted molar refractivity (Wildman–Crippen MR) is 129 cm³/mol. The first-order valence-corrected chi connectivity index (χ1v) is 11.1. The molecule has 5 rings (SSSR count). The molecule has 2 unspecified atom stereocenters. The molecule has 1 aliphatic heterocycles. The molecule has 1 fully saturated rings. The van der Waals surface area contributed by atoms with Crippen LogP contribution in [-0.2, 0) is 16.6 Å². The third-order valence-electron chi connectivity index (χ3n) is 6.34. The molecule has 6 nitrogen and oxygen atoms in total. The molecular formula is C27H26N4O2. The molecule has 1 saturated heterocycles. The number of aromatic nitrogens is 2. The van der Waals surface area contributed by atoms with Gasteiger partial charge in [0.2, 0.25) is 11.8 Å². The van der Waals surface area contributed by atoms with Crippen molar-refractivity contribution in [3.63, 3.8) is 0 Å². The summed E-state index contributed by atoms with van der Waals surface area (Å²) in [5.41, 5.74) is 4.80. The largest absolute Gasteiger partial charge is 0.342 e. The second kappa shape index (κ2) is 8.54. The van der Waals surface area contributed by atoms with E-state index in [1.807, 2.05) is 97.4 Å². The molecule has 3 aromatic carbocycles. The Morgan fingerprint density at radius 3 is 2.42 bits per heavy atom. The minimum absolute atomic E-state index is 0.0296. The zero-order chi connectivity index (χ0) is 22.9. The number of carbonyl (C=O) groups excluding carboxylic acids is 2. The quantitative estimate of drug-likeness (QED) is 0.509. The number of nitrogens with one attached hydrogen (secondary N) is 1. The number of fused-ring (bicyclic) bond motifs is 1. The van der Waals surface area contributed by atoms with E-state index in [0.29, 0.717) is 6.54 Å². The van der Waals surface area contributed by atoms with Gasteiger partial charge in [-0.1, -0.05) is 60.2 Å². The summed E-state index contributed by atoms with van der Waals surface area (Å²) in [6, 6.07) is 25.2. The van der Waals surface area contributed by atoms with Crippen LogP contribution in [0, 0.1) is 12.8 Å². The average molecular weight is 439 g/mol. The van der Waals surface area contributed by atoms with E-state index >= 15 is 0 Å². The summed E-state index contributed by atoms with van der Waals surface area (Å²) >= 11 is 0. The van der Waals surface area contributed by atoms with Crippen molar-refractivity contribution in [3.05, 3.63) is 95.8 Å². The van der Waals surface area contributed by atoms with Gasteiger partial charge in [-0.05, 0) is 36.8 Å². The van der Waals surface area contributed by atoms with Crippen molar-refractivity contribution in [2.75, 3.05) is 11.4 Å². The van der Waals surface area contributed by atoms with Crippen LogP contribution in [0.15, 0.2) is 78.9 Å². The van der Waals surface area contributed by atoms with Gasteiger partial charge in [0.25, 0.3) is 0 Å². The summed E-state index contributed by atoms with van der Waals surface area (Å²) in [5.74, 6) is 0.173. The van der Waals surface area contributed by atoms with E-state index in [-0.39, 0.29) is 18.2 Å². The number of benzene rings is 3. The molecule has 2 amide bonds. The normalized spacial score (nSPS) is 16.8. The van der Waals surface area contributed by atoms with Crippen LogP contribution in [-0.4, -0.2) is 27.9 Å². The Labute approximate surface area is 192 Å². The van der Waals surface area contributed by atoms with Crippen LogP contribution in [0.5, 0.6) is 0 Å². The van der Waals surface area contributed by atoms with Gasteiger partial charge in [0, 0.05) is 25.7 Å². The fraction of sp³-hybridized carbons (Fsp3) is 0.222. The lowest BCUT2D eigenvalue weighted by Gasteiger charge is -2.21. The first kappa shape index (κ1) is 20.9. The van der Waals surface area contributed by atoms with Crippen molar-refractivity contribution < 1.29 is 9.59 Å². The monoisotopic (exact) mass is 438 g/mol. The van der Waals surface area contributed by atoms with Crippen LogP contribution in [0.2, 0.25) is 0 Å². The standard InChI is InChI=1S/C27H26N4O2/c1-18-12-14-21(15-13-18)31-17-20(16-24(31)32)27(33)29-25(19-8-4-3-5-9-19)26-28-22-10-6-7-11-23(22)30(26)2/h3-15,20,25H,16-17H2,1-2H3,(H,29,33). The van der Waals surface area contributed by atoms with Gasteiger partial charge in [0.05, 0.1) is 17.0 Å². The molecule has 1 N–H and O–H groups in total. The summed E-state index contributed by atoms with van der Waals surface area (Å²) in [7, 11) is 1.96. The van der Waals surface area contributed by atoms with E-state index < -0.39 is 12.0 Å². The molecule has 0 aliphatic carbocycles. The Bertz CT molecular complexity index is 1310. The first-order chi connectivity index (χ1) is 16.0. The number of rotatable bonds is 5. The van der Waals surface area contributed by atoms with E-state index in [4.69, 9.17) is 4.98 Å². The Morgan fingerprint density at radius 2 is 1.70 bits per heavy atom. The maximum Gasteiger partial charge on any atom is 0.227 e. The van der Waals surface area contributed by atoms with E-state index in [1.54, 1.807) is 4.90 Å². The smallest absolute Gasteiger partial charge is 0.227 e. The lowest BCUT2D eigenvalue weighted by Crippen LogP contribution is -2.37. The molecule has 1 aliphatic rings. The van der Waals surface area contributed by atoms with Crippen LogP contribution < -0.4 is 10.2 Å². The van der Waals surface area contributed by atoms with Crippen molar-refractivity contribution in [2.45, 2.75) is 19.4 Å². The van der Waals surface area contributed by atoms with Gasteiger partial charge >= 0.3 is 0 Å². The Kier molecular flexibility index (Phi) is 5.42. The third-order valence-corrected chi connectivity index (χ3v) is 6.34. The lowest BCUT2D eigenvalue weighted by molar-refractivity contribution is -0.126. The van der Waals surface area contributed by atoms with Gasteiger partial charge < -0.3 is 14.8 Å². The fourth-order valence-corrected chi connectivity index (χ4v) is 4.48. The summed E-state index contributed by atoms with van der Waals surface area (Å²) in [6.45, 7) is 2.38. The summed E-state index contributed by atoms with van der Waals surface area (Å²) in [5, 5.41) is 3.19. The van der Waals surface area contributed by atoms with Crippen molar-refractivity contribution >= 4 is 28.5 Å². The van der Waals surface area contributed by atoms with Crippen molar-refractivity contribution in [3.8, 4) is 0 Å². The number of para-hydroxylation sites is 2. The van der Waals surface area contributed by atoms with E-state index in [2.05, 4.69) is 5.32 Å². The highest BCUT2D eigenvalue weighted by molar-refractivity contribution is 6.00. The number of aryl methyl sites for hydroxylation is 2. The van der Waals surface area contributed by atoms with Crippen LogP contribution in [0.3, 0.4) is 0 Å². The Morgan fingerprint density at radius 1 is 1.00 bits per heavy atom. The molecular weight excluding hydrogens is 412 g/mol. The first-order valence-electron chi connectivity index (χ1n) is 11.1. The van der Waals surface area contributed by atoms with Crippen molar-refractivity contribution in [2.24, 2.45) is 13.0 Å². The lowest BCUT2D eigenvalue weighted by atomic mass is 10.0. The highest BCUT2D eigenvalue weighted by Crippen LogP contribution is 2.29. The van der Waals surface area contributed by atoms with Crippen LogP contribution in [0.1, 0.15) is 29.4 Å². The number of nitrogens with zero attached hydrogens (tertiary/aromatic N) is 3. The molecule has 1 aromatic heterocycles. The minimum atomic E-state index is -0.417. The topological polar surface area (TPSA) is 67.2 Å². The number of carbonyl (C=O) groups is 2. The highest BCUT2D eigenvalue weighted by atomic mass is 16.2. The van der Waals surface area contributed by atoms with Gasteiger partial charge in [0.1, 0.15) is 11.9 Å². The van der Waals surface area contributed by atoms with E-state index in [1.165, 1.54) is 0 Å². The predicted octanol–water partition coefficient (Wildman–Crippen LogP) is 4.14. The second-order valence-electron chi connectivity index (χ2n) is 8.61. The Balaban J connectivity index is 1.43. The molecule has 2 atom stereocenters. The number of hydrogen-bond acceptors (Lipinski definition) is 3. The number of amides is 2. The third kappa shape index (κ3) is 4.00. The molecule has 2 heterocycles. The summed E-state index contributed by atoms with van der Waals surface area (Å²) in [6.07, 6.45) is 0.198. The van der Waals surface area contributed by atoms with Gasteiger partial charge in [-0.3, -0.25) is 9.59 Å². The van der Waals surface area contributed by atoms with Crippen LogP contribution in [0.25, 0.3) is 11.0 Å². The zero-order valence-corrected chi connectivity index (χ0v) is 18.7. The van der Waals surface area contributed by atoms with Gasteiger partial charge in [-0.25, -0.2) is 4.98 Å². The van der Waals surface area contributed by atoms with Crippen LogP contribution >= 0.6 is 0 Å². The van der Waals surface area contributed by atoms with E-state index in [9.17, 15) is 9.59 Å². The second-order valence-corrected chi connectivity index (χ2v) is 8.61. The molecule has 166 valence electrons. The van der Waals surface area contributed by atoms with Crippen LogP contribution in [0.4, 0.5) is 5.69 Å². The molecule has 4 aromatic rings. The average Bonchev–Trinajstić information content (AvgIpc) is 3.39. The van der Waals surface area contributed by atoms with Crippen molar-refractivity contribution in [1.29, 1.82) is 0 Å². The maximum atomic E-state index is 13.4. The molecule has 0 spiro atoms. The SMILES string of the molecule is Cc1ccc(N2CC(C(=O)NC(c3ccccc3)c3nc4ccccc4n3C)CC2=O)cc1. The van der Waals surface area contributed by atoms with E-state index in [0.717, 1.165) is 33.7 Å². The fourth-order valence-electron chi connectivity index (χ4n) is 4.48. The highest BCUT2D eigenvalue weighted by Gasteiger charge is 2.36. The summed E-state index contributed by atoms with van der Waals surface area (Å²) in [4.78, 5) is 32.6. The molecule has 6 heteroatoms. The number of hydrogen-bond donors (Lipinski definition) is 1. The molecule has 0 bridgehead atoms. The number of imidazole rings is 1. The molecule has 0 saturated carbocycles. The summed E-state index contributed by atoms with van der Waals surface area (Å²) < 4.78 is 2.02.